The maximum absolute atomic E-state index is 11.4. The number of phenolic OH excluding ortho intramolecular Hbond substituents is 2. The maximum atomic E-state index is 11.4. The number of carbonyl (C=O) groups is 5. The molecule has 0 aliphatic carbocycles. The molecule has 0 unspecified atom stereocenters. The van der Waals surface area contributed by atoms with Crippen LogP contribution in [0.4, 0.5) is 0 Å². The molecule has 0 radical (unpaired) electrons. The molecule has 0 amide bonds. The molecule has 4 rings (SSSR count). The number of carbonyl (C=O) groups excluding carboxylic acids is 3. The number of carboxylic acids is 2. The number of ether oxygens (including phenoxy) is 2. The van der Waals surface area contributed by atoms with E-state index in [0.717, 1.165) is 25.3 Å². The summed E-state index contributed by atoms with van der Waals surface area (Å²) in [6.45, 7) is 6.55. The molecule has 0 aromatic heterocycles. The number of unbranched alkanes of at least 4 members (excludes halogenated alkanes) is 1. The van der Waals surface area contributed by atoms with E-state index in [9.17, 15) is 34.2 Å². The number of aromatic hydroxyl groups is 2. The van der Waals surface area contributed by atoms with Gasteiger partial charge in [-0.1, -0.05) is 111 Å². The topological polar surface area (TPSA) is 248 Å². The van der Waals surface area contributed by atoms with Crippen LogP contribution in [0.5, 0.6) is 11.5 Å². The minimum Gasteiger partial charge on any atom is -0.784 e. The number of hydrogen-bond donors (Lipinski definition) is 4. The number of aromatic carboxylic acids is 1. The Bertz CT molecular complexity index is 1790. The van der Waals surface area contributed by atoms with E-state index in [1.54, 1.807) is 97.1 Å². The molecule has 0 fully saturated rings. The Kier molecular flexibility index (Phi) is 44.5. The van der Waals surface area contributed by atoms with Gasteiger partial charge in [-0.15, -0.1) is 11.4 Å². The van der Waals surface area contributed by atoms with Gasteiger partial charge in [-0.25, -0.2) is 19.2 Å². The second kappa shape index (κ2) is 41.9. The Hall–Kier alpha value is -2.86. The van der Waals surface area contributed by atoms with Gasteiger partial charge in [0, 0.05) is 11.6 Å². The molecular formula is C41H45ClK2O14S. The molecule has 14 nitrogen and oxygen atoms in total. The smallest absolute Gasteiger partial charge is 0.784 e. The molecule has 0 spiro atoms. The van der Waals surface area contributed by atoms with Crippen LogP contribution >= 0.6 is 11.6 Å². The minimum absolute atomic E-state index is 0. The van der Waals surface area contributed by atoms with Crippen molar-refractivity contribution >= 4 is 52.1 Å². The molecule has 0 saturated heterocycles. The molecule has 0 saturated carbocycles. The van der Waals surface area contributed by atoms with Gasteiger partial charge in [-0.05, 0) is 67.8 Å². The van der Waals surface area contributed by atoms with E-state index in [0.29, 0.717) is 24.3 Å². The van der Waals surface area contributed by atoms with E-state index in [4.69, 9.17) is 44.6 Å². The predicted octanol–water partition coefficient (Wildman–Crippen LogP) is 1.97. The summed E-state index contributed by atoms with van der Waals surface area (Å²) >= 11 is 2.05. The van der Waals surface area contributed by atoms with Gasteiger partial charge in [0.15, 0.2) is 0 Å². The Morgan fingerprint density at radius 2 is 1.03 bits per heavy atom. The van der Waals surface area contributed by atoms with Crippen molar-refractivity contribution in [3.63, 3.8) is 0 Å². The summed E-state index contributed by atoms with van der Waals surface area (Å²) < 4.78 is 35.1. The summed E-state index contributed by atoms with van der Waals surface area (Å²) in [4.78, 5) is 53.0. The summed E-state index contributed by atoms with van der Waals surface area (Å²) in [7, 11) is 0. The normalized spacial score (nSPS) is 9.27. The SMILES string of the molecule is C/C=C/C=C/C(=O)O.CCCCOC(=O)c1ccccc1O.CCCOC(=O)c1ccccc1O.O=C(Cl)c1ccccc1.O=C(O)c1ccccc1.O=S([O-])[O-].[K+].[K+]. The van der Waals surface area contributed by atoms with Gasteiger partial charge in [0.25, 0.3) is 5.24 Å². The molecule has 4 N–H and O–H groups in total. The van der Waals surface area contributed by atoms with Gasteiger partial charge in [0.05, 0.1) is 18.8 Å². The molecule has 0 aliphatic rings. The fourth-order valence-corrected chi connectivity index (χ4v) is 3.48. The molecule has 0 aliphatic heterocycles. The molecule has 4 aromatic rings. The third-order valence-corrected chi connectivity index (χ3v) is 6.20. The molecule has 59 heavy (non-hydrogen) atoms. The van der Waals surface area contributed by atoms with Crippen LogP contribution in [0.1, 0.15) is 81.5 Å². The van der Waals surface area contributed by atoms with Gasteiger partial charge >= 0.3 is 127 Å². The van der Waals surface area contributed by atoms with E-state index >= 15 is 0 Å². The van der Waals surface area contributed by atoms with Crippen LogP contribution in [0.15, 0.2) is 133 Å². The first-order chi connectivity index (χ1) is 27.1. The van der Waals surface area contributed by atoms with Crippen LogP contribution in [0.25, 0.3) is 0 Å². The van der Waals surface area contributed by atoms with E-state index < -0.39 is 40.5 Å². The summed E-state index contributed by atoms with van der Waals surface area (Å²) in [5, 5.41) is 34.6. The summed E-state index contributed by atoms with van der Waals surface area (Å²) in [5.74, 6) is -2.80. The van der Waals surface area contributed by atoms with Crippen LogP contribution in [-0.2, 0) is 25.6 Å². The van der Waals surface area contributed by atoms with Crippen LogP contribution in [0.3, 0.4) is 0 Å². The van der Waals surface area contributed by atoms with E-state index in [1.807, 2.05) is 26.8 Å². The standard InChI is InChI=1S/C11H14O3.C10H12O3.C7H5ClO.C7H6O2.C6H8O2.2K.H2O3S/c1-2-3-8-14-11(13)9-6-4-5-7-10(9)12;1-2-7-13-10(12)8-5-3-4-6-9(8)11;2*8-7(9)6-4-2-1-3-5-6;1-2-3-4-5-6(7)8;;;1-4(2)3/h4-7,12H,2-3,8H2,1H3;3-6,11H,2,7H2,1H3;1-5H;1-5H,(H,8,9);2-5H,1H3,(H,7,8);;;(H2,1,2,3)/q;;;;;2*+1;/p-2/b;;;;3-2+,5-4+;;;. The van der Waals surface area contributed by atoms with Gasteiger partial charge in [-0.2, -0.15) is 0 Å². The third kappa shape index (κ3) is 36.7. The Morgan fingerprint density at radius 3 is 1.34 bits per heavy atom. The fourth-order valence-electron chi connectivity index (χ4n) is 3.35. The molecular weight excluding hydrogens is 862 g/mol. The van der Waals surface area contributed by atoms with Crippen molar-refractivity contribution in [2.45, 2.75) is 40.0 Å². The first-order valence-corrected chi connectivity index (χ1v) is 18.2. The first-order valence-electron chi connectivity index (χ1n) is 16.8. The number of allylic oxidation sites excluding steroid dienone is 3. The molecule has 0 atom stereocenters. The van der Waals surface area contributed by atoms with E-state index in [-0.39, 0.29) is 125 Å². The molecule has 4 aromatic carbocycles. The van der Waals surface area contributed by atoms with Crippen LogP contribution < -0.4 is 103 Å². The zero-order valence-electron chi connectivity index (χ0n) is 33.4. The van der Waals surface area contributed by atoms with Gasteiger partial charge in [0.1, 0.15) is 22.6 Å². The van der Waals surface area contributed by atoms with Crippen LogP contribution in [0.2, 0.25) is 0 Å². The summed E-state index contributed by atoms with van der Waals surface area (Å²) in [5.41, 5.74) is 1.32. The van der Waals surface area contributed by atoms with Crippen LogP contribution in [0, 0.1) is 0 Å². The number of phenols is 2. The van der Waals surface area contributed by atoms with Crippen molar-refractivity contribution in [2.75, 3.05) is 13.2 Å². The van der Waals surface area contributed by atoms with Crippen molar-refractivity contribution in [1.29, 1.82) is 0 Å². The maximum Gasteiger partial charge on any atom is 1.00 e. The summed E-state index contributed by atoms with van der Waals surface area (Å²) in [6, 6.07) is 29.7. The average molecular weight is 908 g/mol. The van der Waals surface area contributed by atoms with Crippen molar-refractivity contribution in [3.8, 4) is 11.5 Å². The fraction of sp³-hybridized carbons (Fsp3) is 0.195. The van der Waals surface area contributed by atoms with Crippen molar-refractivity contribution in [2.24, 2.45) is 0 Å². The molecule has 0 heterocycles. The minimum atomic E-state index is -3.11. The number of para-hydroxylation sites is 2. The second-order valence-electron chi connectivity index (χ2n) is 10.4. The zero-order valence-corrected chi connectivity index (χ0v) is 41.2. The monoisotopic (exact) mass is 906 g/mol. The number of rotatable bonds is 11. The number of hydrogen-bond acceptors (Lipinski definition) is 12. The van der Waals surface area contributed by atoms with E-state index in [2.05, 4.69) is 0 Å². The molecule has 18 heteroatoms. The predicted molar refractivity (Wildman–Crippen MR) is 213 cm³/mol. The number of esters is 2. The number of halogens is 1. The van der Waals surface area contributed by atoms with Gasteiger partial charge in [0.2, 0.25) is 0 Å². The average Bonchev–Trinajstić information content (AvgIpc) is 3.19. The molecule has 308 valence electrons. The van der Waals surface area contributed by atoms with Crippen molar-refractivity contribution in [1.82, 2.24) is 0 Å². The quantitative estimate of drug-likeness (QED) is 0.0320. The van der Waals surface area contributed by atoms with Crippen molar-refractivity contribution in [3.05, 3.63) is 156 Å². The summed E-state index contributed by atoms with van der Waals surface area (Å²) in [6.07, 6.45) is 8.59. The largest absolute Gasteiger partial charge is 1.00 e. The van der Waals surface area contributed by atoms with Gasteiger partial charge in [-0.3, -0.25) is 9.00 Å². The Morgan fingerprint density at radius 1 is 0.644 bits per heavy atom. The second-order valence-corrected chi connectivity index (χ2v) is 11.1. The Labute approximate surface area is 436 Å². The third-order valence-electron chi connectivity index (χ3n) is 5.98. The number of benzene rings is 4. The van der Waals surface area contributed by atoms with Crippen molar-refractivity contribution < 1.29 is 170 Å². The number of aliphatic carboxylic acids is 1. The zero-order chi connectivity index (χ0) is 43.4. The van der Waals surface area contributed by atoms with Crippen LogP contribution in [-0.4, -0.2) is 76.1 Å². The van der Waals surface area contributed by atoms with E-state index in [1.165, 1.54) is 24.3 Å². The molecule has 0 bridgehead atoms. The first kappa shape index (κ1) is 62.8. The Balaban J connectivity index is -0.000000315. The number of carboxylic acid groups (broad SMARTS) is 2. The van der Waals surface area contributed by atoms with Gasteiger partial charge < -0.3 is 39.0 Å².